The summed E-state index contributed by atoms with van der Waals surface area (Å²) in [6.45, 7) is 3.05. The number of para-hydroxylation sites is 2. The number of hydrogen-bond donors (Lipinski definition) is 1. The number of anilines is 2. The lowest BCUT2D eigenvalue weighted by atomic mass is 10.2. The lowest BCUT2D eigenvalue weighted by molar-refractivity contribution is -0.143. The van der Waals surface area contributed by atoms with Crippen LogP contribution in [-0.4, -0.2) is 43.1 Å². The number of esters is 1. The molecule has 2 amide bonds. The van der Waals surface area contributed by atoms with Gasteiger partial charge in [0.25, 0.3) is 0 Å². The number of ether oxygens (including phenoxy) is 1. The number of carbonyl (C=O) groups excluding carboxylic acids is 2. The number of amides is 2. The molecule has 1 fully saturated rings. The third kappa shape index (κ3) is 2.78. The maximum atomic E-state index is 12.2. The van der Waals surface area contributed by atoms with Gasteiger partial charge in [-0.2, -0.15) is 0 Å². The van der Waals surface area contributed by atoms with Crippen LogP contribution in [0.1, 0.15) is 6.92 Å². The van der Waals surface area contributed by atoms with E-state index in [2.05, 4.69) is 0 Å². The van der Waals surface area contributed by atoms with Crippen molar-refractivity contribution in [1.29, 1.82) is 0 Å². The summed E-state index contributed by atoms with van der Waals surface area (Å²) in [5.74, 6) is -0.390. The van der Waals surface area contributed by atoms with E-state index in [9.17, 15) is 9.59 Å². The molecule has 1 aliphatic rings. The highest BCUT2D eigenvalue weighted by atomic mass is 16.5. The molecule has 2 rings (SSSR count). The molecule has 0 spiro atoms. The molecule has 0 bridgehead atoms. The number of carbonyl (C=O) groups is 2. The highest BCUT2D eigenvalue weighted by Crippen LogP contribution is 2.26. The van der Waals surface area contributed by atoms with Gasteiger partial charge in [0.1, 0.15) is 6.54 Å². The second-order valence-electron chi connectivity index (χ2n) is 4.22. The van der Waals surface area contributed by atoms with Crippen LogP contribution in [0, 0.1) is 0 Å². The van der Waals surface area contributed by atoms with E-state index in [1.165, 1.54) is 4.90 Å². The van der Waals surface area contributed by atoms with Crippen LogP contribution in [0.2, 0.25) is 0 Å². The van der Waals surface area contributed by atoms with Crippen molar-refractivity contribution in [3.63, 3.8) is 0 Å². The molecule has 0 aliphatic carbocycles. The second kappa shape index (κ2) is 5.60. The zero-order chi connectivity index (χ0) is 13.8. The Morgan fingerprint density at radius 3 is 2.79 bits per heavy atom. The number of nitrogens with two attached hydrogens (primary N) is 1. The molecule has 1 aromatic carbocycles. The number of benzene rings is 1. The van der Waals surface area contributed by atoms with Gasteiger partial charge >= 0.3 is 12.0 Å². The normalized spacial score (nSPS) is 14.9. The van der Waals surface area contributed by atoms with Crippen molar-refractivity contribution in [3.8, 4) is 0 Å². The molecule has 1 aliphatic heterocycles. The maximum absolute atomic E-state index is 12.2. The molecule has 6 heteroatoms. The number of rotatable bonds is 4. The molecule has 0 unspecified atom stereocenters. The fourth-order valence-corrected chi connectivity index (χ4v) is 2.05. The minimum Gasteiger partial charge on any atom is -0.465 e. The molecule has 2 N–H and O–H groups in total. The van der Waals surface area contributed by atoms with E-state index in [4.69, 9.17) is 10.5 Å². The van der Waals surface area contributed by atoms with Crippen molar-refractivity contribution in [3.05, 3.63) is 24.3 Å². The van der Waals surface area contributed by atoms with Crippen LogP contribution >= 0.6 is 0 Å². The van der Waals surface area contributed by atoms with Crippen LogP contribution in [0.4, 0.5) is 16.2 Å². The molecule has 0 atom stereocenters. The lowest BCUT2D eigenvalue weighted by Crippen LogP contribution is -2.36. The fourth-order valence-electron chi connectivity index (χ4n) is 2.05. The molecule has 0 saturated carbocycles. The Morgan fingerprint density at radius 2 is 2.11 bits per heavy atom. The van der Waals surface area contributed by atoms with Crippen molar-refractivity contribution in [2.24, 2.45) is 0 Å². The van der Waals surface area contributed by atoms with Gasteiger partial charge in [-0.3, -0.25) is 9.69 Å². The number of nitrogens with zero attached hydrogens (tertiary/aromatic N) is 2. The smallest absolute Gasteiger partial charge is 0.325 e. The Labute approximate surface area is 111 Å². The predicted octanol–water partition coefficient (Wildman–Crippen LogP) is 1.07. The third-order valence-electron chi connectivity index (χ3n) is 2.95. The summed E-state index contributed by atoms with van der Waals surface area (Å²) < 4.78 is 4.84. The van der Waals surface area contributed by atoms with Gasteiger partial charge in [0.15, 0.2) is 0 Å². The monoisotopic (exact) mass is 263 g/mol. The Kier molecular flexibility index (Phi) is 3.89. The zero-order valence-electron chi connectivity index (χ0n) is 10.8. The molecule has 19 heavy (non-hydrogen) atoms. The SMILES string of the molecule is CCOC(=O)CN1CCN(c2ccccc2N)C1=O. The lowest BCUT2D eigenvalue weighted by Gasteiger charge is -2.19. The Hall–Kier alpha value is -2.24. The van der Waals surface area contributed by atoms with Crippen LogP contribution in [0.15, 0.2) is 24.3 Å². The van der Waals surface area contributed by atoms with E-state index in [0.29, 0.717) is 31.1 Å². The topological polar surface area (TPSA) is 75.9 Å². The van der Waals surface area contributed by atoms with E-state index >= 15 is 0 Å². The summed E-state index contributed by atoms with van der Waals surface area (Å²) in [4.78, 5) is 26.6. The van der Waals surface area contributed by atoms with Gasteiger partial charge in [-0.15, -0.1) is 0 Å². The Morgan fingerprint density at radius 1 is 1.37 bits per heavy atom. The summed E-state index contributed by atoms with van der Waals surface area (Å²) >= 11 is 0. The quantitative estimate of drug-likeness (QED) is 0.651. The zero-order valence-corrected chi connectivity index (χ0v) is 10.8. The molecular weight excluding hydrogens is 246 g/mol. The van der Waals surface area contributed by atoms with Crippen molar-refractivity contribution >= 4 is 23.4 Å². The van der Waals surface area contributed by atoms with Crippen LogP contribution in [0.5, 0.6) is 0 Å². The van der Waals surface area contributed by atoms with Crippen molar-refractivity contribution in [2.75, 3.05) is 36.9 Å². The summed E-state index contributed by atoms with van der Waals surface area (Å²) in [6.07, 6.45) is 0. The van der Waals surface area contributed by atoms with Crippen molar-refractivity contribution < 1.29 is 14.3 Å². The van der Waals surface area contributed by atoms with Gasteiger partial charge in [0.2, 0.25) is 0 Å². The van der Waals surface area contributed by atoms with E-state index in [1.807, 2.05) is 12.1 Å². The molecule has 1 heterocycles. The van der Waals surface area contributed by atoms with E-state index in [1.54, 1.807) is 24.0 Å². The summed E-state index contributed by atoms with van der Waals surface area (Å²) in [5, 5.41) is 0. The summed E-state index contributed by atoms with van der Waals surface area (Å²) in [7, 11) is 0. The number of hydrogen-bond acceptors (Lipinski definition) is 4. The average molecular weight is 263 g/mol. The first-order valence-corrected chi connectivity index (χ1v) is 6.20. The number of nitrogen functional groups attached to an aromatic ring is 1. The number of urea groups is 1. The Balaban J connectivity index is 2.06. The molecule has 0 radical (unpaired) electrons. The molecule has 1 saturated heterocycles. The molecule has 1 aromatic rings. The summed E-state index contributed by atoms with van der Waals surface area (Å²) in [5.41, 5.74) is 7.08. The van der Waals surface area contributed by atoms with Gasteiger partial charge in [-0.1, -0.05) is 12.1 Å². The van der Waals surface area contributed by atoms with Gasteiger partial charge in [-0.05, 0) is 19.1 Å². The first-order chi connectivity index (χ1) is 9.13. The molecule has 0 aromatic heterocycles. The average Bonchev–Trinajstić information content (AvgIpc) is 2.72. The Bertz CT molecular complexity index is 490. The first-order valence-electron chi connectivity index (χ1n) is 6.20. The van der Waals surface area contributed by atoms with Crippen molar-refractivity contribution in [1.82, 2.24) is 4.90 Å². The minimum absolute atomic E-state index is 0.0179. The van der Waals surface area contributed by atoms with Crippen LogP contribution in [0.25, 0.3) is 0 Å². The molecule has 102 valence electrons. The standard InChI is InChI=1S/C13H17N3O3/c1-2-19-12(17)9-15-7-8-16(13(15)18)11-6-4-3-5-10(11)14/h3-6H,2,7-9,14H2,1H3. The molecular formula is C13H17N3O3. The highest BCUT2D eigenvalue weighted by Gasteiger charge is 2.31. The van der Waals surface area contributed by atoms with Crippen LogP contribution in [0.3, 0.4) is 0 Å². The van der Waals surface area contributed by atoms with Gasteiger partial charge in [0, 0.05) is 13.1 Å². The van der Waals surface area contributed by atoms with Gasteiger partial charge in [0.05, 0.1) is 18.0 Å². The molecule has 6 nitrogen and oxygen atoms in total. The first kappa shape index (κ1) is 13.2. The minimum atomic E-state index is -0.390. The van der Waals surface area contributed by atoms with E-state index in [-0.39, 0.29) is 12.6 Å². The largest absolute Gasteiger partial charge is 0.465 e. The van der Waals surface area contributed by atoms with Crippen LogP contribution in [-0.2, 0) is 9.53 Å². The van der Waals surface area contributed by atoms with Crippen molar-refractivity contribution in [2.45, 2.75) is 6.92 Å². The predicted molar refractivity (Wildman–Crippen MR) is 71.8 cm³/mol. The third-order valence-corrected chi connectivity index (χ3v) is 2.95. The highest BCUT2D eigenvalue weighted by molar-refractivity contribution is 5.98. The van der Waals surface area contributed by atoms with Gasteiger partial charge < -0.3 is 15.4 Å². The fraction of sp³-hybridized carbons (Fsp3) is 0.385. The maximum Gasteiger partial charge on any atom is 0.325 e. The van der Waals surface area contributed by atoms with Crippen LogP contribution < -0.4 is 10.6 Å². The van der Waals surface area contributed by atoms with E-state index in [0.717, 1.165) is 0 Å². The van der Waals surface area contributed by atoms with E-state index < -0.39 is 5.97 Å². The second-order valence-corrected chi connectivity index (χ2v) is 4.22. The van der Waals surface area contributed by atoms with Gasteiger partial charge in [-0.25, -0.2) is 4.79 Å². The summed E-state index contributed by atoms with van der Waals surface area (Å²) in [6, 6.07) is 6.96.